The Labute approximate surface area is 172 Å². The molecule has 1 fully saturated rings. The number of carbonyl (C=O) groups is 1. The van der Waals surface area contributed by atoms with E-state index in [-0.39, 0.29) is 42.0 Å². The molecule has 0 radical (unpaired) electrons. The quantitative estimate of drug-likeness (QED) is 0.392. The molecule has 26 heavy (non-hydrogen) atoms. The standard InChI is InChI=1S/C19H28N4O2.HI/c1-3-20-18(22-14-19(2)10-6-12-25-19)21-13-17(24)23-11-9-15-7-4-5-8-16(15)23;/h4-5,7-8H,3,6,9-14H2,1-2H3,(H2,20,21,22);1H. The van der Waals surface area contributed by atoms with Gasteiger partial charge in [-0.3, -0.25) is 4.79 Å². The topological polar surface area (TPSA) is 66.0 Å². The van der Waals surface area contributed by atoms with Gasteiger partial charge in [-0.1, -0.05) is 18.2 Å². The lowest BCUT2D eigenvalue weighted by Gasteiger charge is -2.24. The number of benzene rings is 1. The molecular weight excluding hydrogens is 443 g/mol. The largest absolute Gasteiger partial charge is 0.373 e. The van der Waals surface area contributed by atoms with Gasteiger partial charge in [0.1, 0.15) is 6.54 Å². The second kappa shape index (κ2) is 9.55. The molecule has 1 atom stereocenters. The number of nitrogens with zero attached hydrogens (tertiary/aromatic N) is 2. The first-order chi connectivity index (χ1) is 12.1. The van der Waals surface area contributed by atoms with Crippen LogP contribution in [0.25, 0.3) is 0 Å². The maximum Gasteiger partial charge on any atom is 0.248 e. The summed E-state index contributed by atoms with van der Waals surface area (Å²) in [5.74, 6) is 0.700. The van der Waals surface area contributed by atoms with E-state index in [1.807, 2.05) is 30.0 Å². The Morgan fingerprint density at radius 1 is 1.35 bits per heavy atom. The van der Waals surface area contributed by atoms with Gasteiger partial charge in [0, 0.05) is 31.9 Å². The smallest absolute Gasteiger partial charge is 0.248 e. The summed E-state index contributed by atoms with van der Waals surface area (Å²) in [6.45, 7) is 7.28. The molecule has 2 aliphatic heterocycles. The summed E-state index contributed by atoms with van der Waals surface area (Å²) in [7, 11) is 0. The van der Waals surface area contributed by atoms with E-state index >= 15 is 0 Å². The first-order valence-corrected chi connectivity index (χ1v) is 9.16. The lowest BCUT2D eigenvalue weighted by molar-refractivity contribution is -0.117. The highest BCUT2D eigenvalue weighted by molar-refractivity contribution is 14.0. The molecule has 1 unspecified atom stereocenters. The number of halogens is 1. The first-order valence-electron chi connectivity index (χ1n) is 9.16. The predicted octanol–water partition coefficient (Wildman–Crippen LogP) is 2.32. The number of para-hydroxylation sites is 1. The highest BCUT2D eigenvalue weighted by atomic mass is 127. The van der Waals surface area contributed by atoms with E-state index in [0.717, 1.165) is 44.6 Å². The Morgan fingerprint density at radius 3 is 2.88 bits per heavy atom. The Kier molecular flexibility index (Phi) is 7.69. The van der Waals surface area contributed by atoms with Gasteiger partial charge >= 0.3 is 0 Å². The zero-order valence-corrected chi connectivity index (χ0v) is 17.9. The molecule has 1 aromatic carbocycles. The molecule has 0 aliphatic carbocycles. The number of hydrogen-bond donors (Lipinski definition) is 2. The monoisotopic (exact) mass is 472 g/mol. The van der Waals surface area contributed by atoms with E-state index in [9.17, 15) is 4.79 Å². The zero-order chi connectivity index (χ0) is 17.7. The number of fused-ring (bicyclic) bond motifs is 1. The van der Waals surface area contributed by atoms with Gasteiger partial charge in [0.25, 0.3) is 0 Å². The summed E-state index contributed by atoms with van der Waals surface area (Å²) in [5.41, 5.74) is 2.11. The number of hydrogen-bond acceptors (Lipinski definition) is 3. The molecule has 2 N–H and O–H groups in total. The van der Waals surface area contributed by atoms with Crippen molar-refractivity contribution in [2.75, 3.05) is 37.7 Å². The van der Waals surface area contributed by atoms with Crippen LogP contribution in [0.15, 0.2) is 29.3 Å². The van der Waals surface area contributed by atoms with Crippen LogP contribution in [0.5, 0.6) is 0 Å². The summed E-state index contributed by atoms with van der Waals surface area (Å²) in [5, 5.41) is 6.51. The van der Waals surface area contributed by atoms with Gasteiger partial charge in [-0.25, -0.2) is 4.99 Å². The van der Waals surface area contributed by atoms with E-state index in [4.69, 9.17) is 4.74 Å². The van der Waals surface area contributed by atoms with Gasteiger partial charge in [0.15, 0.2) is 5.96 Å². The van der Waals surface area contributed by atoms with Gasteiger partial charge < -0.3 is 20.3 Å². The Bertz CT molecular complexity index is 644. The molecule has 1 aromatic rings. The zero-order valence-electron chi connectivity index (χ0n) is 15.6. The van der Waals surface area contributed by atoms with Crippen molar-refractivity contribution in [1.29, 1.82) is 0 Å². The van der Waals surface area contributed by atoms with Crippen molar-refractivity contribution in [1.82, 2.24) is 10.6 Å². The lowest BCUT2D eigenvalue weighted by atomic mass is 10.0. The minimum atomic E-state index is -0.145. The lowest BCUT2D eigenvalue weighted by Crippen LogP contribution is -2.46. The number of carbonyl (C=O) groups excluding carboxylic acids is 1. The first kappa shape index (κ1) is 21.0. The maximum absolute atomic E-state index is 12.6. The Morgan fingerprint density at radius 2 is 2.15 bits per heavy atom. The molecule has 2 aliphatic rings. The van der Waals surface area contributed by atoms with Crippen LogP contribution in [0.3, 0.4) is 0 Å². The SMILES string of the molecule is CCNC(=NCC(=O)N1CCc2ccccc21)NCC1(C)CCCO1.I. The van der Waals surface area contributed by atoms with Crippen LogP contribution >= 0.6 is 24.0 Å². The molecule has 1 saturated heterocycles. The predicted molar refractivity (Wildman–Crippen MR) is 115 cm³/mol. The Balaban J connectivity index is 0.00000243. The van der Waals surface area contributed by atoms with Crippen molar-refractivity contribution in [2.45, 2.75) is 38.7 Å². The van der Waals surface area contributed by atoms with Crippen molar-refractivity contribution in [3.63, 3.8) is 0 Å². The third kappa shape index (κ3) is 5.09. The average Bonchev–Trinajstić information content (AvgIpc) is 3.24. The number of anilines is 1. The summed E-state index contributed by atoms with van der Waals surface area (Å²) >= 11 is 0. The van der Waals surface area contributed by atoms with Crippen molar-refractivity contribution < 1.29 is 9.53 Å². The normalized spacial score (nSPS) is 21.9. The third-order valence-electron chi connectivity index (χ3n) is 4.84. The summed E-state index contributed by atoms with van der Waals surface area (Å²) in [4.78, 5) is 18.9. The van der Waals surface area contributed by atoms with Crippen molar-refractivity contribution >= 4 is 41.5 Å². The van der Waals surface area contributed by atoms with Crippen molar-refractivity contribution in [2.24, 2.45) is 4.99 Å². The minimum absolute atomic E-state index is 0. The molecule has 6 nitrogen and oxygen atoms in total. The maximum atomic E-state index is 12.6. The highest BCUT2D eigenvalue weighted by Gasteiger charge is 2.30. The molecule has 3 rings (SSSR count). The second-order valence-corrected chi connectivity index (χ2v) is 6.87. The van der Waals surface area contributed by atoms with Crippen molar-refractivity contribution in [3.8, 4) is 0 Å². The number of guanidine groups is 1. The summed E-state index contributed by atoms with van der Waals surface area (Å²) in [6.07, 6.45) is 3.06. The molecule has 2 heterocycles. The summed E-state index contributed by atoms with van der Waals surface area (Å²) in [6, 6.07) is 8.08. The van der Waals surface area contributed by atoms with Gasteiger partial charge in [-0.15, -0.1) is 24.0 Å². The average molecular weight is 472 g/mol. The minimum Gasteiger partial charge on any atom is -0.373 e. The number of amides is 1. The number of aliphatic imine (C=N–C) groups is 1. The van der Waals surface area contributed by atoms with Gasteiger partial charge in [0.2, 0.25) is 5.91 Å². The fourth-order valence-electron chi connectivity index (χ4n) is 3.42. The van der Waals surface area contributed by atoms with E-state index < -0.39 is 0 Å². The van der Waals surface area contributed by atoms with Crippen LogP contribution in [-0.2, 0) is 16.0 Å². The molecular formula is C19H29IN4O2. The molecule has 0 bridgehead atoms. The van der Waals surface area contributed by atoms with Gasteiger partial charge in [0.05, 0.1) is 5.60 Å². The fraction of sp³-hybridized carbons (Fsp3) is 0.579. The molecule has 0 aromatic heterocycles. The molecule has 144 valence electrons. The van der Waals surface area contributed by atoms with E-state index in [1.54, 1.807) is 0 Å². The van der Waals surface area contributed by atoms with Gasteiger partial charge in [-0.05, 0) is 44.7 Å². The number of nitrogens with one attached hydrogen (secondary N) is 2. The number of rotatable bonds is 5. The van der Waals surface area contributed by atoms with Crippen molar-refractivity contribution in [3.05, 3.63) is 29.8 Å². The summed E-state index contributed by atoms with van der Waals surface area (Å²) < 4.78 is 5.79. The van der Waals surface area contributed by atoms with E-state index in [0.29, 0.717) is 12.5 Å². The van der Waals surface area contributed by atoms with Gasteiger partial charge in [-0.2, -0.15) is 0 Å². The Hall–Kier alpha value is -1.35. The molecule has 7 heteroatoms. The highest BCUT2D eigenvalue weighted by Crippen LogP contribution is 2.27. The molecule has 0 spiro atoms. The van der Waals surface area contributed by atoms with Crippen LogP contribution in [0.4, 0.5) is 5.69 Å². The molecule has 1 amide bonds. The van der Waals surface area contributed by atoms with Crippen LogP contribution in [0, 0.1) is 0 Å². The van der Waals surface area contributed by atoms with Crippen LogP contribution < -0.4 is 15.5 Å². The van der Waals surface area contributed by atoms with E-state index in [1.165, 1.54) is 5.56 Å². The number of ether oxygens (including phenoxy) is 1. The van der Waals surface area contributed by atoms with E-state index in [2.05, 4.69) is 28.6 Å². The third-order valence-corrected chi connectivity index (χ3v) is 4.84. The second-order valence-electron chi connectivity index (χ2n) is 6.87. The van der Waals surface area contributed by atoms with Crippen LogP contribution in [0.2, 0.25) is 0 Å². The van der Waals surface area contributed by atoms with Crippen LogP contribution in [-0.4, -0.2) is 50.3 Å². The molecule has 0 saturated carbocycles. The van der Waals surface area contributed by atoms with Crippen LogP contribution in [0.1, 0.15) is 32.3 Å². The fourth-order valence-corrected chi connectivity index (χ4v) is 3.42.